The van der Waals surface area contributed by atoms with Crippen LogP contribution in [0.15, 0.2) is 115 Å². The summed E-state index contributed by atoms with van der Waals surface area (Å²) in [5.74, 6) is -44.7. The normalized spacial score (nSPS) is 11.7. The molecule has 19 heteroatoms. The zero-order chi connectivity index (χ0) is 46.3. The Labute approximate surface area is 358 Å². The van der Waals surface area contributed by atoms with Gasteiger partial charge < -0.3 is 0 Å². The van der Waals surface area contributed by atoms with Crippen molar-refractivity contribution in [3.8, 4) is 0 Å². The van der Waals surface area contributed by atoms with Crippen molar-refractivity contribution in [1.29, 1.82) is 0 Å². The Morgan fingerprint density at radius 2 is 0.556 bits per heavy atom. The van der Waals surface area contributed by atoms with E-state index in [1.54, 1.807) is 0 Å². The van der Waals surface area contributed by atoms with E-state index in [4.69, 9.17) is 22.2 Å². The number of hydrogen-bond donors (Lipinski definition) is 0. The first kappa shape index (κ1) is 46.7. The van der Waals surface area contributed by atoms with Crippen LogP contribution in [0.5, 0.6) is 0 Å². The predicted octanol–water partition coefficient (Wildman–Crippen LogP) is 10.6. The van der Waals surface area contributed by atoms with E-state index in [0.29, 0.717) is 24.3 Å². The maximum Gasteiger partial charge on any atom is 0.277 e. The second-order valence-corrected chi connectivity index (χ2v) is 21.3. The average molecular weight is 945 g/mol. The third-order valence-electron chi connectivity index (χ3n) is 10.1. The molecule has 0 aliphatic rings. The topological polar surface area (TPSA) is 0 Å². The maximum atomic E-state index is 15.6. The van der Waals surface area contributed by atoms with Gasteiger partial charge in [-0.25, -0.2) is 65.9 Å². The van der Waals surface area contributed by atoms with Crippen molar-refractivity contribution in [2.75, 3.05) is 0 Å². The maximum absolute atomic E-state index is 15.6. The summed E-state index contributed by atoms with van der Waals surface area (Å²) in [5, 5.41) is -0.137. The Morgan fingerprint density at radius 1 is 0.333 bits per heavy atom. The Kier molecular flexibility index (Phi) is 13.5. The molecule has 0 aliphatic heterocycles. The molecule has 0 aromatic heterocycles. The molecular formula is C44H22BCl2F15Si. The number of hydrogen-bond acceptors (Lipinski definition) is 0. The van der Waals surface area contributed by atoms with Crippen LogP contribution >= 0.6 is 22.2 Å². The van der Waals surface area contributed by atoms with Gasteiger partial charge in [0.25, 0.3) is 6.69 Å². The van der Waals surface area contributed by atoms with E-state index in [0.717, 1.165) is 0 Å². The summed E-state index contributed by atoms with van der Waals surface area (Å²) >= 11 is 12.1. The van der Waals surface area contributed by atoms with Gasteiger partial charge >= 0.3 is 0 Å². The summed E-state index contributed by atoms with van der Waals surface area (Å²) in [4.78, 5) is 0. The summed E-state index contributed by atoms with van der Waals surface area (Å²) in [6, 6.07) is 33.7. The molecule has 0 radical (unpaired) electrons. The van der Waals surface area contributed by atoms with Gasteiger partial charge in [0.15, 0.2) is 52.4 Å². The van der Waals surface area contributed by atoms with Crippen LogP contribution in [0.1, 0.15) is 16.7 Å². The minimum atomic E-state index is -5.84. The molecule has 0 amide bonds. The fourth-order valence-electron chi connectivity index (χ4n) is 7.32. The second kappa shape index (κ2) is 18.1. The van der Waals surface area contributed by atoms with Crippen molar-refractivity contribution in [2.45, 2.75) is 6.55 Å². The first-order valence-corrected chi connectivity index (χ1v) is 22.4. The van der Waals surface area contributed by atoms with Gasteiger partial charge in [0, 0.05) is 0 Å². The molecule has 7 aromatic rings. The van der Waals surface area contributed by atoms with E-state index in [2.05, 4.69) is 91.0 Å². The van der Waals surface area contributed by atoms with Gasteiger partial charge in [-0.2, -0.15) is 5.46 Å². The first-order chi connectivity index (χ1) is 29.7. The lowest BCUT2D eigenvalue weighted by Crippen LogP contribution is -2.79. The van der Waals surface area contributed by atoms with E-state index in [1.165, 1.54) is 29.2 Å². The Balaban J connectivity index is 0.000000287. The van der Waals surface area contributed by atoms with Crippen LogP contribution < -0.4 is 27.0 Å². The second-order valence-electron chi connectivity index (χ2n) is 13.8. The lowest BCUT2D eigenvalue weighted by molar-refractivity contribution is 0.380. The molecule has 324 valence electrons. The lowest BCUT2D eigenvalue weighted by Gasteiger charge is -2.44. The van der Waals surface area contributed by atoms with Crippen molar-refractivity contribution in [2.24, 2.45) is 0 Å². The molecule has 0 heterocycles. The van der Waals surface area contributed by atoms with Crippen molar-refractivity contribution in [1.82, 2.24) is 0 Å². The van der Waals surface area contributed by atoms with Crippen LogP contribution in [0, 0.1) is 93.2 Å². The molecule has 63 heavy (non-hydrogen) atoms. The van der Waals surface area contributed by atoms with Crippen LogP contribution in [0.2, 0.25) is 6.55 Å². The Bertz CT molecular complexity index is 2480. The Hall–Kier alpha value is -5.78. The fraction of sp³-hybridized carbons (Fsp3) is 0.0227. The highest BCUT2D eigenvalue weighted by molar-refractivity contribution is 7.50. The third kappa shape index (κ3) is 8.17. The van der Waals surface area contributed by atoms with Gasteiger partial charge in [-0.05, 0) is 84.5 Å². The van der Waals surface area contributed by atoms with Crippen LogP contribution in [0.4, 0.5) is 65.9 Å². The zero-order valence-electron chi connectivity index (χ0n) is 31.5. The van der Waals surface area contributed by atoms with Gasteiger partial charge in [-0.3, -0.25) is 0 Å². The number of benzene rings is 7. The average Bonchev–Trinajstić information content (AvgIpc) is 3.28. The molecule has 0 N–H and O–H groups in total. The molecule has 0 saturated carbocycles. The van der Waals surface area contributed by atoms with Crippen molar-refractivity contribution in [3.63, 3.8) is 0 Å². The van der Waals surface area contributed by atoms with Crippen LogP contribution in [-0.4, -0.2) is 12.8 Å². The fourth-order valence-corrected chi connectivity index (χ4v) is 8.83. The van der Waals surface area contributed by atoms with E-state index in [9.17, 15) is 39.5 Å². The molecule has 0 nitrogen and oxygen atoms in total. The van der Waals surface area contributed by atoms with E-state index in [-0.39, 0.29) is 5.19 Å². The van der Waals surface area contributed by atoms with Crippen molar-refractivity contribution < 1.29 is 65.9 Å². The minimum Gasteiger partial charge on any atom is -0.207 e. The highest BCUT2D eigenvalue weighted by atomic mass is 35.7. The van der Waals surface area contributed by atoms with E-state index < -0.39 is 122 Å². The molecule has 7 aromatic carbocycles. The monoisotopic (exact) mass is 944 g/mol. The Morgan fingerprint density at radius 3 is 0.778 bits per heavy atom. The highest BCUT2D eigenvalue weighted by Crippen LogP contribution is 2.31. The van der Waals surface area contributed by atoms with Gasteiger partial charge in [0.2, 0.25) is 0 Å². The quantitative estimate of drug-likeness (QED) is 0.0271. The van der Waals surface area contributed by atoms with Crippen molar-refractivity contribution >= 4 is 62.0 Å². The summed E-state index contributed by atoms with van der Waals surface area (Å²) in [6.45, 7) is -2.29. The minimum absolute atomic E-state index is 0.137. The van der Waals surface area contributed by atoms with Gasteiger partial charge in [-0.1, -0.05) is 42.5 Å². The molecule has 0 aliphatic carbocycles. The largest absolute Gasteiger partial charge is 0.277 e. The van der Waals surface area contributed by atoms with Gasteiger partial charge in [-0.15, -0.1) is 38.5 Å². The van der Waals surface area contributed by atoms with Crippen molar-refractivity contribution in [3.05, 3.63) is 225 Å². The van der Waals surface area contributed by atoms with Crippen LogP contribution in [-0.2, 0) is 0 Å². The van der Waals surface area contributed by atoms with E-state index >= 15 is 26.3 Å². The summed E-state index contributed by atoms with van der Waals surface area (Å²) < 4.78 is 223. The molecule has 0 saturated heterocycles. The molecule has 0 bridgehead atoms. The van der Waals surface area contributed by atoms with Gasteiger partial charge in [0.1, 0.15) is 41.0 Å². The van der Waals surface area contributed by atoms with E-state index in [1.807, 2.05) is 0 Å². The molecule has 0 spiro atoms. The zero-order valence-corrected chi connectivity index (χ0v) is 34.0. The summed E-state index contributed by atoms with van der Waals surface area (Å²) in [5.41, 5.74) is -5.90. The smallest absolute Gasteiger partial charge is 0.207 e. The standard InChI is InChI=1S/C25H7BCl2F15Si.C19H15/c1-44(27,28)7-4-2-6(3-5-7)26(8-11(29)17(35)23(41)18(36)12(8)30,9-13(31)19(37)24(42)20(38)14(9)32)10-15(33)21(39)25(43)22(40)16(10)34;1-4-10-16(11-5-1)19(17-12-6-2-7-13-17)18-14-8-3-9-15-18/h2-5H,1H3;1-15H/q-1;+1. The molecule has 0 atom stereocenters. The molecule has 0 unspecified atom stereocenters. The van der Waals surface area contributed by atoms with Crippen LogP contribution in [0.3, 0.4) is 0 Å². The highest BCUT2D eigenvalue weighted by Gasteiger charge is 2.49. The lowest BCUT2D eigenvalue weighted by atomic mass is 9.12. The molecule has 0 fully saturated rings. The van der Waals surface area contributed by atoms with Crippen LogP contribution in [0.25, 0.3) is 0 Å². The number of rotatable bonds is 8. The first-order valence-electron chi connectivity index (χ1n) is 17.9. The predicted molar refractivity (Wildman–Crippen MR) is 212 cm³/mol. The molecule has 7 rings (SSSR count). The number of halogens is 17. The summed E-state index contributed by atoms with van der Waals surface area (Å²) in [7, 11) is 0. The third-order valence-corrected chi connectivity index (χ3v) is 12.8. The van der Waals surface area contributed by atoms with Gasteiger partial charge in [0.05, 0.1) is 22.6 Å². The summed E-state index contributed by atoms with van der Waals surface area (Å²) in [6.07, 6.45) is -5.84. The molecular weight excluding hydrogens is 923 g/mol. The SMILES string of the molecule is C[Si](Cl)(Cl)c1ccc([B-](c2c(F)c(F)c(F)c(F)c2F)(c2c(F)c(F)c(F)c(F)c2F)c2c(F)c(F)c(F)c(F)c2F)cc1.c1ccc([C+](c2ccccc2)c2ccccc2)cc1.